The Hall–Kier alpha value is -0.160. The van der Waals surface area contributed by atoms with E-state index in [9.17, 15) is 0 Å². The monoisotopic (exact) mass is 236 g/mol. The summed E-state index contributed by atoms with van der Waals surface area (Å²) in [6.07, 6.45) is 3.87. The predicted octanol–water partition coefficient (Wildman–Crippen LogP) is 2.28. The molecule has 0 spiro atoms. The first kappa shape index (κ1) is 18.2. The molecule has 0 aliphatic carbocycles. The van der Waals surface area contributed by atoms with Crippen molar-refractivity contribution in [2.45, 2.75) is 72.1 Å². The van der Waals surface area contributed by atoms with E-state index in [1.54, 1.807) is 7.11 Å². The normalized spacial score (nSPS) is 24.0. The Morgan fingerprint density at radius 3 is 1.88 bits per heavy atom. The zero-order valence-corrected chi connectivity index (χ0v) is 11.5. The van der Waals surface area contributed by atoms with Crippen LogP contribution in [0.1, 0.15) is 53.9 Å². The maximum absolute atomic E-state index is 8.08. The van der Waals surface area contributed by atoms with Crippen LogP contribution in [0.2, 0.25) is 0 Å². The standard InChI is InChI=1S/C7H14O2.C3H8O2.C2H6/c1-3-6-4-5-7(8-2)9-6;1-3(2,4)5;1-2/h6-7H,3-5H2,1-2H3;4-5H,1-2H3;1-2H3. The minimum absolute atomic E-state index is 0.0787. The van der Waals surface area contributed by atoms with Crippen LogP contribution in [0.4, 0.5) is 0 Å². The molecule has 2 N–H and O–H groups in total. The fourth-order valence-corrected chi connectivity index (χ4v) is 1.15. The first-order valence-corrected chi connectivity index (χ1v) is 5.99. The van der Waals surface area contributed by atoms with Gasteiger partial charge in [0.05, 0.1) is 6.10 Å². The van der Waals surface area contributed by atoms with Crippen LogP contribution in [0, 0.1) is 0 Å². The Balaban J connectivity index is 0. The van der Waals surface area contributed by atoms with Gasteiger partial charge in [-0.1, -0.05) is 20.8 Å². The fourth-order valence-electron chi connectivity index (χ4n) is 1.15. The number of rotatable bonds is 2. The Kier molecular flexibility index (Phi) is 11.4. The van der Waals surface area contributed by atoms with Gasteiger partial charge < -0.3 is 19.7 Å². The largest absolute Gasteiger partial charge is 0.366 e. The summed E-state index contributed by atoms with van der Waals surface area (Å²) in [7, 11) is 1.70. The molecule has 1 saturated heterocycles. The molecule has 100 valence electrons. The van der Waals surface area contributed by atoms with Crippen LogP contribution in [-0.4, -0.2) is 35.5 Å². The van der Waals surface area contributed by atoms with Crippen LogP contribution < -0.4 is 0 Å². The van der Waals surface area contributed by atoms with Crippen molar-refractivity contribution in [3.8, 4) is 0 Å². The molecule has 0 aromatic rings. The molecule has 1 aliphatic rings. The Labute approximate surface area is 99.6 Å². The maximum Gasteiger partial charge on any atom is 0.157 e. The Morgan fingerprint density at radius 2 is 1.69 bits per heavy atom. The highest BCUT2D eigenvalue weighted by Crippen LogP contribution is 2.21. The maximum atomic E-state index is 8.08. The summed E-state index contributed by atoms with van der Waals surface area (Å²) in [5.74, 6) is -1.50. The van der Waals surface area contributed by atoms with Crippen molar-refractivity contribution in [2.75, 3.05) is 7.11 Å². The van der Waals surface area contributed by atoms with Crippen LogP contribution in [0.25, 0.3) is 0 Å². The number of methoxy groups -OCH3 is 1. The summed E-state index contributed by atoms with van der Waals surface area (Å²) in [4.78, 5) is 0. The van der Waals surface area contributed by atoms with Crippen LogP contribution >= 0.6 is 0 Å². The second kappa shape index (κ2) is 10.0. The number of hydrogen-bond acceptors (Lipinski definition) is 4. The molecule has 1 rings (SSSR count). The van der Waals surface area contributed by atoms with Gasteiger partial charge in [-0.3, -0.25) is 0 Å². The molecule has 0 amide bonds. The van der Waals surface area contributed by atoms with E-state index in [1.807, 2.05) is 13.8 Å². The number of aliphatic hydroxyl groups is 2. The highest BCUT2D eigenvalue weighted by molar-refractivity contribution is 4.65. The Morgan fingerprint density at radius 1 is 1.25 bits per heavy atom. The van der Waals surface area contributed by atoms with Gasteiger partial charge in [-0.15, -0.1) is 0 Å². The first-order valence-electron chi connectivity index (χ1n) is 5.99. The lowest BCUT2D eigenvalue weighted by molar-refractivity contribution is -0.127. The third-order valence-electron chi connectivity index (χ3n) is 1.79. The van der Waals surface area contributed by atoms with Crippen molar-refractivity contribution in [1.29, 1.82) is 0 Å². The van der Waals surface area contributed by atoms with E-state index >= 15 is 0 Å². The molecule has 0 radical (unpaired) electrons. The lowest BCUT2D eigenvalue weighted by atomic mass is 10.2. The molecule has 0 aromatic carbocycles. The van der Waals surface area contributed by atoms with Gasteiger partial charge in [0.15, 0.2) is 12.1 Å². The molecule has 0 aromatic heterocycles. The van der Waals surface area contributed by atoms with E-state index in [4.69, 9.17) is 19.7 Å². The van der Waals surface area contributed by atoms with Crippen molar-refractivity contribution < 1.29 is 19.7 Å². The smallest absolute Gasteiger partial charge is 0.157 e. The van der Waals surface area contributed by atoms with Crippen molar-refractivity contribution in [1.82, 2.24) is 0 Å². The van der Waals surface area contributed by atoms with E-state index < -0.39 is 5.79 Å². The molecule has 16 heavy (non-hydrogen) atoms. The van der Waals surface area contributed by atoms with E-state index in [2.05, 4.69) is 6.92 Å². The summed E-state index contributed by atoms with van der Waals surface area (Å²) in [6.45, 7) is 8.74. The Bertz CT molecular complexity index is 126. The summed E-state index contributed by atoms with van der Waals surface area (Å²) < 4.78 is 10.5. The zero-order chi connectivity index (χ0) is 13.2. The zero-order valence-electron chi connectivity index (χ0n) is 11.5. The van der Waals surface area contributed by atoms with Gasteiger partial charge in [-0.25, -0.2) is 0 Å². The summed E-state index contributed by atoms with van der Waals surface area (Å²) in [5.41, 5.74) is 0. The van der Waals surface area contributed by atoms with Crippen LogP contribution in [0.5, 0.6) is 0 Å². The lowest BCUT2D eigenvalue weighted by Crippen LogP contribution is -2.15. The lowest BCUT2D eigenvalue weighted by Gasteiger charge is -2.09. The minimum Gasteiger partial charge on any atom is -0.366 e. The molecule has 1 aliphatic heterocycles. The molecule has 2 atom stereocenters. The van der Waals surface area contributed by atoms with Crippen molar-refractivity contribution in [3.05, 3.63) is 0 Å². The first-order chi connectivity index (χ1) is 7.36. The third kappa shape index (κ3) is 13.8. The molecule has 2 unspecified atom stereocenters. The molecule has 4 nitrogen and oxygen atoms in total. The van der Waals surface area contributed by atoms with Gasteiger partial charge >= 0.3 is 0 Å². The second-order valence-electron chi connectivity index (χ2n) is 3.90. The number of hydrogen-bond donors (Lipinski definition) is 2. The van der Waals surface area contributed by atoms with Crippen molar-refractivity contribution in [3.63, 3.8) is 0 Å². The van der Waals surface area contributed by atoms with Gasteiger partial charge in [-0.05, 0) is 26.7 Å². The van der Waals surface area contributed by atoms with Gasteiger partial charge in [0.25, 0.3) is 0 Å². The van der Waals surface area contributed by atoms with E-state index in [0.29, 0.717) is 6.10 Å². The predicted molar refractivity (Wildman–Crippen MR) is 65.1 cm³/mol. The summed E-state index contributed by atoms with van der Waals surface area (Å²) >= 11 is 0. The molecule has 0 bridgehead atoms. The van der Waals surface area contributed by atoms with Crippen LogP contribution in [0.3, 0.4) is 0 Å². The highest BCUT2D eigenvalue weighted by atomic mass is 16.7. The molecule has 1 fully saturated rings. The molecule has 4 heteroatoms. The molecule has 0 saturated carbocycles. The third-order valence-corrected chi connectivity index (χ3v) is 1.79. The highest BCUT2D eigenvalue weighted by Gasteiger charge is 2.22. The molecule has 1 heterocycles. The van der Waals surface area contributed by atoms with E-state index in [0.717, 1.165) is 19.3 Å². The fraction of sp³-hybridized carbons (Fsp3) is 1.00. The van der Waals surface area contributed by atoms with E-state index in [1.165, 1.54) is 13.8 Å². The van der Waals surface area contributed by atoms with Gasteiger partial charge in [0.2, 0.25) is 0 Å². The van der Waals surface area contributed by atoms with Crippen molar-refractivity contribution in [2.24, 2.45) is 0 Å². The summed E-state index contributed by atoms with van der Waals surface area (Å²) in [6, 6.07) is 0. The van der Waals surface area contributed by atoms with Crippen LogP contribution in [0.15, 0.2) is 0 Å². The quantitative estimate of drug-likeness (QED) is 0.722. The SMILES string of the molecule is CC.CC(C)(O)O.CCC1CCC(OC)O1. The van der Waals surface area contributed by atoms with Gasteiger partial charge in [-0.2, -0.15) is 0 Å². The van der Waals surface area contributed by atoms with Crippen molar-refractivity contribution >= 4 is 0 Å². The summed E-state index contributed by atoms with van der Waals surface area (Å²) in [5, 5.41) is 16.2. The van der Waals surface area contributed by atoms with Gasteiger partial charge in [0, 0.05) is 13.5 Å². The second-order valence-corrected chi connectivity index (χ2v) is 3.90. The van der Waals surface area contributed by atoms with Gasteiger partial charge in [0.1, 0.15) is 0 Å². The molecular weight excluding hydrogens is 208 g/mol. The molecular formula is C12H28O4. The van der Waals surface area contributed by atoms with E-state index in [-0.39, 0.29) is 6.29 Å². The minimum atomic E-state index is -1.50. The topological polar surface area (TPSA) is 58.9 Å². The average molecular weight is 236 g/mol. The number of ether oxygens (including phenoxy) is 2. The average Bonchev–Trinajstić information content (AvgIpc) is 2.66. The van der Waals surface area contributed by atoms with Crippen LogP contribution in [-0.2, 0) is 9.47 Å².